The van der Waals surface area contributed by atoms with E-state index in [0.29, 0.717) is 23.8 Å². The van der Waals surface area contributed by atoms with E-state index < -0.39 is 0 Å². The SMILES string of the molecule is CCCOc1ccc(N2C(=O)C[C@H]([NH+](C)CCc3ccc(OC)c(OC)c3)C2=O)cc1. The summed E-state index contributed by atoms with van der Waals surface area (Å²) in [4.78, 5) is 28.0. The number of rotatable bonds is 10. The molecule has 2 atom stereocenters. The van der Waals surface area contributed by atoms with E-state index in [0.717, 1.165) is 35.6 Å². The summed E-state index contributed by atoms with van der Waals surface area (Å²) < 4.78 is 16.2. The number of nitrogens with one attached hydrogen (secondary N) is 1. The van der Waals surface area contributed by atoms with Gasteiger partial charge in [0, 0.05) is 6.42 Å². The van der Waals surface area contributed by atoms with E-state index in [1.807, 2.05) is 32.2 Å². The van der Waals surface area contributed by atoms with Crippen LogP contribution in [0.15, 0.2) is 42.5 Å². The first-order chi connectivity index (χ1) is 15.0. The summed E-state index contributed by atoms with van der Waals surface area (Å²) in [5.74, 6) is 1.78. The Morgan fingerprint density at radius 1 is 1.03 bits per heavy atom. The zero-order valence-electron chi connectivity index (χ0n) is 18.6. The molecular formula is C24H31N2O5+. The quantitative estimate of drug-likeness (QED) is 0.587. The van der Waals surface area contributed by atoms with Gasteiger partial charge in [-0.25, -0.2) is 4.90 Å². The molecule has 1 fully saturated rings. The first-order valence-electron chi connectivity index (χ1n) is 10.6. The largest absolute Gasteiger partial charge is 0.494 e. The number of hydrogen-bond donors (Lipinski definition) is 1. The van der Waals surface area contributed by atoms with Gasteiger partial charge in [-0.1, -0.05) is 13.0 Å². The van der Waals surface area contributed by atoms with Crippen LogP contribution in [0.5, 0.6) is 17.2 Å². The Kier molecular flexibility index (Phi) is 7.52. The number of quaternary nitrogens is 1. The van der Waals surface area contributed by atoms with Crippen LogP contribution in [-0.2, 0) is 16.0 Å². The zero-order valence-corrected chi connectivity index (χ0v) is 18.6. The maximum atomic E-state index is 13.0. The van der Waals surface area contributed by atoms with E-state index in [-0.39, 0.29) is 24.3 Å². The summed E-state index contributed by atoms with van der Waals surface area (Å²) in [5, 5.41) is 0. The zero-order chi connectivity index (χ0) is 22.4. The van der Waals surface area contributed by atoms with Crippen LogP contribution in [0, 0.1) is 0 Å². The highest BCUT2D eigenvalue weighted by molar-refractivity contribution is 6.21. The van der Waals surface area contributed by atoms with Crippen molar-refractivity contribution in [2.75, 3.05) is 39.3 Å². The van der Waals surface area contributed by atoms with Crippen LogP contribution < -0.4 is 24.0 Å². The van der Waals surface area contributed by atoms with Crippen molar-refractivity contribution in [3.05, 3.63) is 48.0 Å². The maximum Gasteiger partial charge on any atom is 0.292 e. The highest BCUT2D eigenvalue weighted by Gasteiger charge is 2.44. The van der Waals surface area contributed by atoms with E-state index in [1.54, 1.807) is 38.5 Å². The van der Waals surface area contributed by atoms with Gasteiger partial charge in [0.25, 0.3) is 5.91 Å². The molecule has 1 aliphatic heterocycles. The number of carbonyl (C=O) groups is 2. The van der Waals surface area contributed by atoms with Crippen molar-refractivity contribution < 1.29 is 28.7 Å². The van der Waals surface area contributed by atoms with Gasteiger partial charge in [-0.2, -0.15) is 0 Å². The topological polar surface area (TPSA) is 69.5 Å². The average molecular weight is 428 g/mol. The van der Waals surface area contributed by atoms with Crippen molar-refractivity contribution in [1.29, 1.82) is 0 Å². The Bertz CT molecular complexity index is 913. The second-order valence-electron chi connectivity index (χ2n) is 7.70. The third-order valence-electron chi connectivity index (χ3n) is 5.57. The lowest BCUT2D eigenvalue weighted by atomic mass is 10.1. The molecule has 0 saturated carbocycles. The van der Waals surface area contributed by atoms with Gasteiger partial charge in [0.15, 0.2) is 17.5 Å². The number of ether oxygens (including phenoxy) is 3. The molecule has 7 heteroatoms. The van der Waals surface area contributed by atoms with Crippen LogP contribution in [0.2, 0.25) is 0 Å². The van der Waals surface area contributed by atoms with Gasteiger partial charge in [0.2, 0.25) is 5.91 Å². The highest BCUT2D eigenvalue weighted by atomic mass is 16.5. The van der Waals surface area contributed by atoms with Gasteiger partial charge in [0.05, 0.1) is 46.5 Å². The molecule has 3 rings (SSSR count). The van der Waals surface area contributed by atoms with E-state index >= 15 is 0 Å². The fraction of sp³-hybridized carbons (Fsp3) is 0.417. The summed E-state index contributed by atoms with van der Waals surface area (Å²) in [7, 11) is 5.18. The first-order valence-corrected chi connectivity index (χ1v) is 10.6. The second kappa shape index (κ2) is 10.3. The van der Waals surface area contributed by atoms with Gasteiger partial charge in [-0.3, -0.25) is 9.59 Å². The van der Waals surface area contributed by atoms with Gasteiger partial charge in [-0.15, -0.1) is 0 Å². The summed E-state index contributed by atoms with van der Waals surface area (Å²) in [5.41, 5.74) is 1.68. The van der Waals surface area contributed by atoms with Gasteiger partial charge in [0.1, 0.15) is 5.75 Å². The molecule has 0 aliphatic carbocycles. The van der Waals surface area contributed by atoms with Crippen LogP contribution in [0.3, 0.4) is 0 Å². The maximum absolute atomic E-state index is 13.0. The van der Waals surface area contributed by atoms with E-state index in [9.17, 15) is 9.59 Å². The van der Waals surface area contributed by atoms with Crippen molar-refractivity contribution >= 4 is 17.5 Å². The predicted octanol–water partition coefficient (Wildman–Crippen LogP) is 1.88. The highest BCUT2D eigenvalue weighted by Crippen LogP contribution is 2.28. The molecule has 31 heavy (non-hydrogen) atoms. The van der Waals surface area contributed by atoms with Crippen molar-refractivity contribution in [1.82, 2.24) is 0 Å². The monoisotopic (exact) mass is 427 g/mol. The number of imide groups is 1. The number of methoxy groups -OCH3 is 2. The molecule has 1 heterocycles. The molecule has 2 amide bonds. The minimum Gasteiger partial charge on any atom is -0.494 e. The van der Waals surface area contributed by atoms with E-state index in [4.69, 9.17) is 14.2 Å². The Labute approximate surface area is 183 Å². The fourth-order valence-corrected chi connectivity index (χ4v) is 3.75. The molecule has 1 saturated heterocycles. The van der Waals surface area contributed by atoms with E-state index in [2.05, 4.69) is 0 Å². The number of nitrogens with zero attached hydrogens (tertiary/aromatic N) is 1. The number of carbonyl (C=O) groups excluding carboxylic acids is 2. The van der Waals surface area contributed by atoms with Crippen molar-refractivity contribution in [2.24, 2.45) is 0 Å². The third kappa shape index (κ3) is 5.17. The van der Waals surface area contributed by atoms with E-state index in [1.165, 1.54) is 4.90 Å². The minimum absolute atomic E-state index is 0.156. The lowest BCUT2D eigenvalue weighted by molar-refractivity contribution is -0.894. The fourth-order valence-electron chi connectivity index (χ4n) is 3.75. The van der Waals surface area contributed by atoms with Gasteiger partial charge < -0.3 is 19.1 Å². The molecule has 1 N–H and O–H groups in total. The lowest BCUT2D eigenvalue weighted by Crippen LogP contribution is -3.14. The Balaban J connectivity index is 1.63. The van der Waals surface area contributed by atoms with Crippen LogP contribution in [0.25, 0.3) is 0 Å². The summed E-state index contributed by atoms with van der Waals surface area (Å²) in [6.07, 6.45) is 1.89. The summed E-state index contributed by atoms with van der Waals surface area (Å²) >= 11 is 0. The molecule has 1 aliphatic rings. The second-order valence-corrected chi connectivity index (χ2v) is 7.70. The smallest absolute Gasteiger partial charge is 0.292 e. The minimum atomic E-state index is -0.385. The lowest BCUT2D eigenvalue weighted by Gasteiger charge is -2.20. The Morgan fingerprint density at radius 2 is 1.74 bits per heavy atom. The third-order valence-corrected chi connectivity index (χ3v) is 5.57. The molecular weight excluding hydrogens is 396 g/mol. The predicted molar refractivity (Wildman–Crippen MR) is 118 cm³/mol. The van der Waals surface area contributed by atoms with Crippen molar-refractivity contribution in [2.45, 2.75) is 32.2 Å². The molecule has 1 unspecified atom stereocenters. The van der Waals surface area contributed by atoms with Crippen molar-refractivity contribution in [3.63, 3.8) is 0 Å². The Morgan fingerprint density at radius 3 is 2.39 bits per heavy atom. The molecule has 2 aromatic carbocycles. The molecule has 0 radical (unpaired) electrons. The normalized spacial score (nSPS) is 17.0. The molecule has 0 spiro atoms. The number of anilines is 1. The van der Waals surface area contributed by atoms with Crippen molar-refractivity contribution in [3.8, 4) is 17.2 Å². The number of amides is 2. The molecule has 0 aromatic heterocycles. The Hall–Kier alpha value is -3.06. The molecule has 7 nitrogen and oxygen atoms in total. The summed E-state index contributed by atoms with van der Waals surface area (Å²) in [6, 6.07) is 12.6. The summed E-state index contributed by atoms with van der Waals surface area (Å²) in [6.45, 7) is 3.40. The van der Waals surface area contributed by atoms with Crippen LogP contribution in [-0.4, -0.2) is 52.3 Å². The van der Waals surface area contributed by atoms with Crippen LogP contribution in [0.1, 0.15) is 25.3 Å². The first kappa shape index (κ1) is 22.6. The number of benzene rings is 2. The van der Waals surface area contributed by atoms with Gasteiger partial charge >= 0.3 is 0 Å². The molecule has 0 bridgehead atoms. The molecule has 2 aromatic rings. The average Bonchev–Trinajstić information content (AvgIpc) is 3.10. The number of hydrogen-bond acceptors (Lipinski definition) is 5. The van der Waals surface area contributed by atoms with Gasteiger partial charge in [-0.05, 0) is 48.4 Å². The standard InChI is InChI=1S/C24H30N2O5/c1-5-14-31-19-9-7-18(8-10-19)26-23(27)16-20(24(26)28)25(2)13-12-17-6-11-21(29-3)22(15-17)30-4/h6-11,15,20H,5,12-14,16H2,1-4H3/p+1/t20-/m0/s1. The molecule has 166 valence electrons. The van der Waals surface area contributed by atoms with Crippen LogP contribution in [0.4, 0.5) is 5.69 Å². The van der Waals surface area contributed by atoms with Crippen LogP contribution >= 0.6 is 0 Å². The number of likely N-dealkylation sites (N-methyl/N-ethyl adjacent to an activating group) is 1.